The second kappa shape index (κ2) is 13.4. The van der Waals surface area contributed by atoms with Gasteiger partial charge in [-0.15, -0.1) is 0 Å². The summed E-state index contributed by atoms with van der Waals surface area (Å²) in [4.78, 5) is 4.54. The van der Waals surface area contributed by atoms with Crippen LogP contribution in [0.2, 0.25) is 0 Å². The van der Waals surface area contributed by atoms with Crippen LogP contribution in [0.4, 0.5) is 0 Å². The van der Waals surface area contributed by atoms with Crippen LogP contribution in [-0.4, -0.2) is 64.3 Å². The fraction of sp³-hybridized carbons (Fsp3) is 0.650. The third-order valence-electron chi connectivity index (χ3n) is 4.40. The zero-order valence-corrected chi connectivity index (χ0v) is 18.5. The van der Waals surface area contributed by atoms with Crippen LogP contribution < -0.4 is 15.4 Å². The molecule has 0 unspecified atom stereocenters. The number of hydrogen-bond acceptors (Lipinski definition) is 4. The molecule has 0 radical (unpaired) electrons. The molecule has 0 aliphatic heterocycles. The minimum atomic E-state index is -3.22. The number of nitrogens with one attached hydrogen (secondary N) is 2. The van der Waals surface area contributed by atoms with Gasteiger partial charge in [0, 0.05) is 32.7 Å². The van der Waals surface area contributed by atoms with Crippen molar-refractivity contribution < 1.29 is 13.2 Å². The Hall–Kier alpha value is -1.80. The fourth-order valence-corrected chi connectivity index (χ4v) is 4.22. The summed E-state index contributed by atoms with van der Waals surface area (Å²) in [5.74, 6) is 1.61. The topological polar surface area (TPSA) is 83.0 Å². The zero-order valence-electron chi connectivity index (χ0n) is 17.7. The summed E-state index contributed by atoms with van der Waals surface area (Å²) in [5.41, 5.74) is 1.29. The van der Waals surface area contributed by atoms with Gasteiger partial charge >= 0.3 is 0 Å². The lowest BCUT2D eigenvalue weighted by atomic mass is 10.1. The van der Waals surface area contributed by atoms with Gasteiger partial charge < -0.3 is 15.4 Å². The van der Waals surface area contributed by atoms with E-state index < -0.39 is 10.0 Å². The number of unbranched alkanes of at least 4 members (excludes halogenated alkanes) is 1. The Bertz CT molecular complexity index is 671. The zero-order chi connectivity index (χ0) is 20.8. The first-order chi connectivity index (χ1) is 13.5. The number of hydrogen-bond donors (Lipinski definition) is 2. The van der Waals surface area contributed by atoms with E-state index in [0.717, 1.165) is 31.6 Å². The second-order valence-electron chi connectivity index (χ2n) is 6.39. The van der Waals surface area contributed by atoms with Gasteiger partial charge in [-0.25, -0.2) is 12.7 Å². The maximum atomic E-state index is 12.2. The van der Waals surface area contributed by atoms with Crippen molar-refractivity contribution in [2.45, 2.75) is 40.0 Å². The smallest absolute Gasteiger partial charge is 0.215 e. The monoisotopic (exact) mass is 412 g/mol. The molecule has 0 heterocycles. The molecule has 1 aromatic rings. The van der Waals surface area contributed by atoms with Crippen LogP contribution in [-0.2, 0) is 16.4 Å². The lowest BCUT2D eigenvalue weighted by Gasteiger charge is -2.19. The summed E-state index contributed by atoms with van der Waals surface area (Å²) in [5, 5.41) is 6.28. The number of ether oxygens (including phenoxy) is 1. The molecule has 0 atom stereocenters. The number of methoxy groups -OCH3 is 1. The van der Waals surface area contributed by atoms with Crippen LogP contribution in [0.15, 0.2) is 29.3 Å². The van der Waals surface area contributed by atoms with Crippen molar-refractivity contribution in [3.63, 3.8) is 0 Å². The Morgan fingerprint density at radius 1 is 1.07 bits per heavy atom. The van der Waals surface area contributed by atoms with E-state index in [1.54, 1.807) is 7.11 Å². The minimum Gasteiger partial charge on any atom is -0.497 e. The van der Waals surface area contributed by atoms with Crippen molar-refractivity contribution >= 4 is 16.0 Å². The highest BCUT2D eigenvalue weighted by atomic mass is 32.2. The van der Waals surface area contributed by atoms with Crippen molar-refractivity contribution in [1.29, 1.82) is 0 Å². The molecule has 7 nitrogen and oxygen atoms in total. The number of guanidine groups is 1. The molecular weight excluding hydrogens is 376 g/mol. The highest BCUT2D eigenvalue weighted by Gasteiger charge is 2.18. The molecule has 2 N–H and O–H groups in total. The number of aryl methyl sites for hydroxylation is 1. The molecule has 0 fully saturated rings. The molecule has 1 aromatic carbocycles. The maximum absolute atomic E-state index is 12.2. The first kappa shape index (κ1) is 24.2. The van der Waals surface area contributed by atoms with Gasteiger partial charge in [-0.05, 0) is 43.9 Å². The Kier molecular flexibility index (Phi) is 11.6. The predicted molar refractivity (Wildman–Crippen MR) is 117 cm³/mol. The van der Waals surface area contributed by atoms with Crippen LogP contribution in [0, 0.1) is 0 Å². The molecule has 8 heteroatoms. The van der Waals surface area contributed by atoms with Gasteiger partial charge in [0.2, 0.25) is 10.0 Å². The third-order valence-corrected chi connectivity index (χ3v) is 6.42. The number of benzene rings is 1. The van der Waals surface area contributed by atoms with E-state index in [0.29, 0.717) is 32.1 Å². The molecule has 0 aliphatic carbocycles. The Morgan fingerprint density at radius 2 is 1.75 bits per heavy atom. The summed E-state index contributed by atoms with van der Waals surface area (Å²) in [7, 11) is -1.55. The predicted octanol–water partition coefficient (Wildman–Crippen LogP) is 2.24. The average molecular weight is 413 g/mol. The van der Waals surface area contributed by atoms with Crippen LogP contribution in [0.25, 0.3) is 0 Å². The van der Waals surface area contributed by atoms with Crippen molar-refractivity contribution in [2.75, 3.05) is 45.6 Å². The lowest BCUT2D eigenvalue weighted by molar-refractivity contribution is 0.414. The highest BCUT2D eigenvalue weighted by molar-refractivity contribution is 7.89. The summed E-state index contributed by atoms with van der Waals surface area (Å²) in [6.45, 7) is 8.49. The molecule has 0 saturated heterocycles. The van der Waals surface area contributed by atoms with Gasteiger partial charge in [-0.3, -0.25) is 4.99 Å². The molecule has 28 heavy (non-hydrogen) atoms. The van der Waals surface area contributed by atoms with E-state index in [4.69, 9.17) is 4.74 Å². The minimum absolute atomic E-state index is 0.0660. The molecule has 0 amide bonds. The summed E-state index contributed by atoms with van der Waals surface area (Å²) < 4.78 is 31.1. The van der Waals surface area contributed by atoms with E-state index in [2.05, 4.69) is 27.8 Å². The standard InChI is InChI=1S/C20H36N4O3S/c1-5-21-20(23-16-17-28(25,26)24(6-2)7-3)22-15-9-8-10-18-11-13-19(27-4)14-12-18/h11-14H,5-10,15-17H2,1-4H3,(H2,21,22,23). The fourth-order valence-electron chi connectivity index (χ4n) is 2.81. The average Bonchev–Trinajstić information content (AvgIpc) is 2.68. The Morgan fingerprint density at radius 3 is 2.32 bits per heavy atom. The third kappa shape index (κ3) is 8.93. The van der Waals surface area contributed by atoms with Crippen LogP contribution in [0.1, 0.15) is 39.2 Å². The van der Waals surface area contributed by atoms with E-state index in [9.17, 15) is 8.42 Å². The number of sulfonamides is 1. The van der Waals surface area contributed by atoms with Gasteiger partial charge in [-0.2, -0.15) is 0 Å². The molecule has 0 aliphatic rings. The van der Waals surface area contributed by atoms with E-state index in [1.165, 1.54) is 9.87 Å². The largest absolute Gasteiger partial charge is 0.497 e. The van der Waals surface area contributed by atoms with E-state index >= 15 is 0 Å². The Balaban J connectivity index is 2.38. The second-order valence-corrected chi connectivity index (χ2v) is 8.48. The van der Waals surface area contributed by atoms with Crippen molar-refractivity contribution in [1.82, 2.24) is 14.9 Å². The highest BCUT2D eigenvalue weighted by Crippen LogP contribution is 2.13. The van der Waals surface area contributed by atoms with Crippen LogP contribution in [0.5, 0.6) is 5.75 Å². The molecule has 0 bridgehead atoms. The number of nitrogens with zero attached hydrogens (tertiary/aromatic N) is 2. The Labute approximate surface area is 170 Å². The van der Waals surface area contributed by atoms with Crippen molar-refractivity contribution in [3.05, 3.63) is 29.8 Å². The lowest BCUT2D eigenvalue weighted by Crippen LogP contribution is -2.42. The van der Waals surface area contributed by atoms with Gasteiger partial charge in [-0.1, -0.05) is 26.0 Å². The van der Waals surface area contributed by atoms with Crippen molar-refractivity contribution in [3.8, 4) is 5.75 Å². The molecular formula is C20H36N4O3S. The van der Waals surface area contributed by atoms with Gasteiger partial charge in [0.25, 0.3) is 0 Å². The van der Waals surface area contributed by atoms with Crippen LogP contribution >= 0.6 is 0 Å². The summed E-state index contributed by atoms with van der Waals surface area (Å²) >= 11 is 0. The van der Waals surface area contributed by atoms with Gasteiger partial charge in [0.1, 0.15) is 5.75 Å². The van der Waals surface area contributed by atoms with Crippen molar-refractivity contribution in [2.24, 2.45) is 4.99 Å². The first-order valence-corrected chi connectivity index (χ1v) is 11.7. The number of aliphatic imine (C=N–C) groups is 1. The SMILES string of the molecule is CCNC(=NCCCCc1ccc(OC)cc1)NCCS(=O)(=O)N(CC)CC. The quantitative estimate of drug-likeness (QED) is 0.295. The normalized spacial score (nSPS) is 12.2. The van der Waals surface area contributed by atoms with E-state index in [-0.39, 0.29) is 5.75 Å². The molecule has 160 valence electrons. The number of rotatable bonds is 13. The molecule has 0 aromatic heterocycles. The maximum Gasteiger partial charge on any atom is 0.215 e. The first-order valence-electron chi connectivity index (χ1n) is 10.1. The summed E-state index contributed by atoms with van der Waals surface area (Å²) in [6.07, 6.45) is 3.03. The summed E-state index contributed by atoms with van der Waals surface area (Å²) in [6, 6.07) is 8.13. The van der Waals surface area contributed by atoms with Gasteiger partial charge in [0.05, 0.1) is 12.9 Å². The molecule has 1 rings (SSSR count). The van der Waals surface area contributed by atoms with Gasteiger partial charge in [0.15, 0.2) is 5.96 Å². The molecule has 0 saturated carbocycles. The van der Waals surface area contributed by atoms with E-state index in [1.807, 2.05) is 32.9 Å². The molecule has 0 spiro atoms. The van der Waals surface area contributed by atoms with Crippen LogP contribution in [0.3, 0.4) is 0 Å².